The predicted octanol–water partition coefficient (Wildman–Crippen LogP) is -0.339. The van der Waals surface area contributed by atoms with E-state index in [1.807, 2.05) is 0 Å². The van der Waals surface area contributed by atoms with Gasteiger partial charge in [0.05, 0.1) is 6.26 Å². The van der Waals surface area contributed by atoms with Gasteiger partial charge in [0, 0.05) is 13.1 Å². The molecule has 0 fully saturated rings. The Balaban J connectivity index is 2.49. The first kappa shape index (κ1) is 16.9. The molecule has 0 saturated heterocycles. The van der Waals surface area contributed by atoms with Gasteiger partial charge in [0.2, 0.25) is 10.0 Å². The molecule has 0 aromatic heterocycles. The van der Waals surface area contributed by atoms with Crippen molar-refractivity contribution in [3.63, 3.8) is 0 Å². The number of sulfonamides is 1. The Bertz CT molecular complexity index is 588. The van der Waals surface area contributed by atoms with Crippen LogP contribution in [0, 0.1) is 0 Å². The molecule has 0 heterocycles. The fourth-order valence-electron chi connectivity index (χ4n) is 1.53. The number of hydrogen-bond donors (Lipinski definition) is 4. The van der Waals surface area contributed by atoms with Crippen molar-refractivity contribution in [1.29, 1.82) is 0 Å². The number of amides is 2. The van der Waals surface area contributed by atoms with E-state index in [2.05, 4.69) is 15.4 Å². The summed E-state index contributed by atoms with van der Waals surface area (Å²) in [6, 6.07) is 6.38. The van der Waals surface area contributed by atoms with E-state index in [0.717, 1.165) is 6.26 Å². The molecule has 1 atom stereocenters. The van der Waals surface area contributed by atoms with Gasteiger partial charge in [-0.3, -0.25) is 0 Å². The van der Waals surface area contributed by atoms with E-state index in [1.165, 1.54) is 0 Å². The maximum atomic E-state index is 11.6. The van der Waals surface area contributed by atoms with Crippen molar-refractivity contribution in [3.8, 4) is 0 Å². The first-order valence-corrected chi connectivity index (χ1v) is 7.95. The van der Waals surface area contributed by atoms with Crippen LogP contribution < -0.4 is 15.4 Å². The average Bonchev–Trinajstić information content (AvgIpc) is 2.40. The van der Waals surface area contributed by atoms with Gasteiger partial charge in [-0.25, -0.2) is 22.7 Å². The second-order valence-electron chi connectivity index (χ2n) is 4.25. The fraction of sp³-hybridized carbons (Fsp3) is 0.333. The minimum atomic E-state index is -3.32. The molecule has 0 spiro atoms. The standard InChI is InChI=1S/C12H17N3O5S/c1-21(19,20)14-8-7-13-12(18)15-10(11(16)17)9-5-3-2-4-6-9/h2-6,10,14H,7-8H2,1H3,(H,16,17)(H2,13,15,18)/t10-/m0/s1. The van der Waals surface area contributed by atoms with Crippen LogP contribution in [0.3, 0.4) is 0 Å². The van der Waals surface area contributed by atoms with Gasteiger partial charge < -0.3 is 15.7 Å². The number of carbonyl (C=O) groups is 2. The molecule has 0 aliphatic heterocycles. The van der Waals surface area contributed by atoms with E-state index in [4.69, 9.17) is 5.11 Å². The first-order chi connectivity index (χ1) is 9.79. The smallest absolute Gasteiger partial charge is 0.330 e. The highest BCUT2D eigenvalue weighted by Crippen LogP contribution is 2.12. The molecule has 21 heavy (non-hydrogen) atoms. The average molecular weight is 315 g/mol. The summed E-state index contributed by atoms with van der Waals surface area (Å²) in [4.78, 5) is 22.8. The van der Waals surface area contributed by atoms with Crippen molar-refractivity contribution < 1.29 is 23.1 Å². The lowest BCUT2D eigenvalue weighted by Gasteiger charge is -2.15. The van der Waals surface area contributed by atoms with Gasteiger partial charge in [0.1, 0.15) is 0 Å². The van der Waals surface area contributed by atoms with Crippen molar-refractivity contribution in [3.05, 3.63) is 35.9 Å². The summed E-state index contributed by atoms with van der Waals surface area (Å²) < 4.78 is 23.8. The summed E-state index contributed by atoms with van der Waals surface area (Å²) in [6.07, 6.45) is 1.00. The third-order valence-electron chi connectivity index (χ3n) is 2.43. The Kier molecular flexibility index (Phi) is 6.12. The van der Waals surface area contributed by atoms with Crippen LogP contribution in [0.5, 0.6) is 0 Å². The zero-order valence-electron chi connectivity index (χ0n) is 11.4. The summed E-state index contributed by atoms with van der Waals surface area (Å²) in [5.41, 5.74) is 0.439. The van der Waals surface area contributed by atoms with E-state index in [0.29, 0.717) is 5.56 Å². The Morgan fingerprint density at radius 2 is 1.81 bits per heavy atom. The molecule has 1 rings (SSSR count). The maximum absolute atomic E-state index is 11.6. The number of carboxylic acids is 1. The van der Waals surface area contributed by atoms with Crippen molar-refractivity contribution in [2.24, 2.45) is 0 Å². The molecule has 0 unspecified atom stereocenters. The van der Waals surface area contributed by atoms with Crippen LogP contribution in [-0.2, 0) is 14.8 Å². The van der Waals surface area contributed by atoms with E-state index in [1.54, 1.807) is 30.3 Å². The molecular weight excluding hydrogens is 298 g/mol. The van der Waals surface area contributed by atoms with Crippen LogP contribution in [0.2, 0.25) is 0 Å². The van der Waals surface area contributed by atoms with Crippen LogP contribution in [0.4, 0.5) is 4.79 Å². The molecule has 9 heteroatoms. The SMILES string of the molecule is CS(=O)(=O)NCCNC(=O)N[C@H](C(=O)O)c1ccccc1. The summed E-state index contributed by atoms with van der Waals surface area (Å²) in [6.45, 7) is 0.0648. The lowest BCUT2D eigenvalue weighted by Crippen LogP contribution is -2.43. The van der Waals surface area contributed by atoms with Gasteiger partial charge in [-0.05, 0) is 5.56 Å². The largest absolute Gasteiger partial charge is 0.479 e. The summed E-state index contributed by atoms with van der Waals surface area (Å²) in [7, 11) is -3.32. The Labute approximate surface area is 122 Å². The molecule has 1 aromatic rings. The van der Waals surface area contributed by atoms with Crippen LogP contribution in [-0.4, -0.2) is 44.9 Å². The van der Waals surface area contributed by atoms with E-state index < -0.39 is 28.1 Å². The molecule has 116 valence electrons. The highest BCUT2D eigenvalue weighted by molar-refractivity contribution is 7.88. The second-order valence-corrected chi connectivity index (χ2v) is 6.08. The van der Waals surface area contributed by atoms with Gasteiger partial charge >= 0.3 is 12.0 Å². The number of rotatable bonds is 7. The normalized spacial score (nSPS) is 12.4. The van der Waals surface area contributed by atoms with Crippen LogP contribution in [0.25, 0.3) is 0 Å². The van der Waals surface area contributed by atoms with Gasteiger partial charge in [0.15, 0.2) is 6.04 Å². The van der Waals surface area contributed by atoms with Crippen molar-refractivity contribution in [1.82, 2.24) is 15.4 Å². The van der Waals surface area contributed by atoms with Crippen molar-refractivity contribution in [2.45, 2.75) is 6.04 Å². The fourth-order valence-corrected chi connectivity index (χ4v) is 2.00. The molecule has 0 radical (unpaired) electrons. The predicted molar refractivity (Wildman–Crippen MR) is 76.2 cm³/mol. The quantitative estimate of drug-likeness (QED) is 0.512. The Morgan fingerprint density at radius 1 is 1.19 bits per heavy atom. The minimum absolute atomic E-state index is 0.0231. The van der Waals surface area contributed by atoms with E-state index in [-0.39, 0.29) is 13.1 Å². The first-order valence-electron chi connectivity index (χ1n) is 6.06. The molecule has 2 amide bonds. The van der Waals surface area contributed by atoms with Gasteiger partial charge in [-0.15, -0.1) is 0 Å². The molecule has 0 aliphatic rings. The molecule has 1 aromatic carbocycles. The van der Waals surface area contributed by atoms with Crippen LogP contribution in [0.1, 0.15) is 11.6 Å². The van der Waals surface area contributed by atoms with Gasteiger partial charge in [0.25, 0.3) is 0 Å². The van der Waals surface area contributed by atoms with E-state index in [9.17, 15) is 18.0 Å². The highest BCUT2D eigenvalue weighted by Gasteiger charge is 2.21. The zero-order valence-corrected chi connectivity index (χ0v) is 12.2. The summed E-state index contributed by atoms with van der Waals surface area (Å²) in [5, 5.41) is 13.8. The maximum Gasteiger partial charge on any atom is 0.330 e. The molecule has 8 nitrogen and oxygen atoms in total. The Hall–Kier alpha value is -2.13. The van der Waals surface area contributed by atoms with Gasteiger partial charge in [-0.1, -0.05) is 30.3 Å². The molecule has 0 aliphatic carbocycles. The highest BCUT2D eigenvalue weighted by atomic mass is 32.2. The Morgan fingerprint density at radius 3 is 2.33 bits per heavy atom. The van der Waals surface area contributed by atoms with Crippen LogP contribution in [0.15, 0.2) is 30.3 Å². The van der Waals surface area contributed by atoms with Gasteiger partial charge in [-0.2, -0.15) is 0 Å². The summed E-state index contributed by atoms with van der Waals surface area (Å²) >= 11 is 0. The number of benzene rings is 1. The minimum Gasteiger partial charge on any atom is -0.479 e. The zero-order chi connectivity index (χ0) is 15.9. The second kappa shape index (κ2) is 7.60. The van der Waals surface area contributed by atoms with Crippen LogP contribution >= 0.6 is 0 Å². The number of aliphatic carboxylic acids is 1. The number of nitrogens with one attached hydrogen (secondary N) is 3. The molecule has 0 bridgehead atoms. The molecule has 0 saturated carbocycles. The molecule has 4 N–H and O–H groups in total. The molecular formula is C12H17N3O5S. The third-order valence-corrected chi connectivity index (χ3v) is 3.16. The van der Waals surface area contributed by atoms with Crippen molar-refractivity contribution in [2.75, 3.05) is 19.3 Å². The lowest BCUT2D eigenvalue weighted by molar-refractivity contribution is -0.139. The monoisotopic (exact) mass is 315 g/mol. The number of urea groups is 1. The van der Waals surface area contributed by atoms with E-state index >= 15 is 0 Å². The van der Waals surface area contributed by atoms with Crippen molar-refractivity contribution >= 4 is 22.0 Å². The lowest BCUT2D eigenvalue weighted by atomic mass is 10.1. The third kappa shape index (κ3) is 6.72. The summed E-state index contributed by atoms with van der Waals surface area (Å²) in [5.74, 6) is -1.19. The topological polar surface area (TPSA) is 125 Å². The number of carboxylic acid groups (broad SMARTS) is 1. The number of carbonyl (C=O) groups excluding carboxylic acids is 1. The number of hydrogen-bond acceptors (Lipinski definition) is 4.